The van der Waals surface area contributed by atoms with E-state index in [1.807, 2.05) is 42.0 Å². The second-order valence-corrected chi connectivity index (χ2v) is 6.83. The molecule has 0 atom stereocenters. The number of thiazole rings is 1. The number of urea groups is 1. The van der Waals surface area contributed by atoms with Crippen molar-refractivity contribution in [1.29, 1.82) is 0 Å². The Labute approximate surface area is 165 Å². The molecule has 2 N–H and O–H groups in total. The first-order valence-corrected chi connectivity index (χ1v) is 9.43. The van der Waals surface area contributed by atoms with Crippen molar-refractivity contribution in [3.63, 3.8) is 0 Å². The monoisotopic (exact) mass is 391 g/mol. The van der Waals surface area contributed by atoms with Gasteiger partial charge in [-0.25, -0.2) is 19.7 Å². The highest BCUT2D eigenvalue weighted by molar-refractivity contribution is 7.13. The lowest BCUT2D eigenvalue weighted by Crippen LogP contribution is -2.20. The van der Waals surface area contributed by atoms with Gasteiger partial charge in [0.05, 0.1) is 12.2 Å². The average Bonchev–Trinajstić information content (AvgIpc) is 3.32. The maximum absolute atomic E-state index is 12.3. The number of anilines is 2. The number of rotatable bonds is 5. The van der Waals surface area contributed by atoms with Gasteiger partial charge in [-0.15, -0.1) is 11.3 Å². The number of nitrogens with one attached hydrogen (secondary N) is 2. The molecule has 0 aliphatic rings. The van der Waals surface area contributed by atoms with Crippen LogP contribution >= 0.6 is 11.3 Å². The summed E-state index contributed by atoms with van der Waals surface area (Å²) >= 11 is 1.45. The fraction of sp³-hybridized carbons (Fsp3) is 0.105. The maximum Gasteiger partial charge on any atom is 0.326 e. The molecule has 0 unspecified atom stereocenters. The first-order chi connectivity index (χ1) is 13.7. The third kappa shape index (κ3) is 4.21. The standard InChI is InChI=1S/C19H17N7OS/c1-13-21-9-10-26(13)11-15-3-2-4-16(22-15)24-19(27)25-17-12-28-18(23-17)14-5-7-20-8-6-14/h2-10,12H,11H2,1H3,(H2,22,24,25,27). The lowest BCUT2D eigenvalue weighted by atomic mass is 10.3. The summed E-state index contributed by atoms with van der Waals surface area (Å²) in [6, 6.07) is 8.86. The Morgan fingerprint density at radius 2 is 1.89 bits per heavy atom. The van der Waals surface area contributed by atoms with Crippen LogP contribution in [-0.2, 0) is 6.54 Å². The molecule has 0 aliphatic heterocycles. The van der Waals surface area contributed by atoms with E-state index in [1.54, 1.807) is 30.0 Å². The molecule has 0 bridgehead atoms. The van der Waals surface area contributed by atoms with Gasteiger partial charge in [0.25, 0.3) is 0 Å². The molecule has 0 aromatic carbocycles. The topological polar surface area (TPSA) is 97.6 Å². The predicted molar refractivity (Wildman–Crippen MR) is 108 cm³/mol. The van der Waals surface area contributed by atoms with Crippen molar-refractivity contribution >= 4 is 29.0 Å². The summed E-state index contributed by atoms with van der Waals surface area (Å²) in [4.78, 5) is 29.4. The molecule has 4 heterocycles. The molecule has 0 spiro atoms. The minimum absolute atomic E-state index is 0.393. The summed E-state index contributed by atoms with van der Waals surface area (Å²) in [6.07, 6.45) is 7.06. The van der Waals surface area contributed by atoms with Crippen LogP contribution in [0.2, 0.25) is 0 Å². The molecule has 0 fully saturated rings. The quantitative estimate of drug-likeness (QED) is 0.539. The zero-order valence-electron chi connectivity index (χ0n) is 15.0. The number of aryl methyl sites for hydroxylation is 1. The number of carbonyl (C=O) groups excluding carboxylic acids is 1. The highest BCUT2D eigenvalue weighted by atomic mass is 32.1. The molecule has 4 aromatic rings. The van der Waals surface area contributed by atoms with Gasteiger partial charge < -0.3 is 4.57 Å². The first-order valence-electron chi connectivity index (χ1n) is 8.55. The van der Waals surface area contributed by atoms with Gasteiger partial charge in [-0.1, -0.05) is 6.07 Å². The van der Waals surface area contributed by atoms with E-state index in [1.165, 1.54) is 11.3 Å². The van der Waals surface area contributed by atoms with E-state index in [9.17, 15) is 4.79 Å². The molecule has 0 saturated heterocycles. The predicted octanol–water partition coefficient (Wildman–Crippen LogP) is 3.80. The Hall–Kier alpha value is -3.59. The summed E-state index contributed by atoms with van der Waals surface area (Å²) < 4.78 is 1.99. The third-order valence-electron chi connectivity index (χ3n) is 3.98. The summed E-state index contributed by atoms with van der Waals surface area (Å²) in [6.45, 7) is 2.52. The van der Waals surface area contributed by atoms with Crippen LogP contribution < -0.4 is 10.6 Å². The lowest BCUT2D eigenvalue weighted by molar-refractivity contribution is 0.262. The van der Waals surface area contributed by atoms with Crippen molar-refractivity contribution in [3.8, 4) is 10.6 Å². The van der Waals surface area contributed by atoms with Crippen molar-refractivity contribution in [2.75, 3.05) is 10.6 Å². The molecule has 4 aromatic heterocycles. The lowest BCUT2D eigenvalue weighted by Gasteiger charge is -2.08. The minimum atomic E-state index is -0.393. The van der Waals surface area contributed by atoms with Crippen molar-refractivity contribution in [2.24, 2.45) is 0 Å². The Kier molecular flexibility index (Phi) is 5.07. The molecular weight excluding hydrogens is 374 g/mol. The second-order valence-electron chi connectivity index (χ2n) is 5.97. The number of pyridine rings is 2. The molecule has 0 saturated carbocycles. The average molecular weight is 391 g/mol. The van der Waals surface area contributed by atoms with Gasteiger partial charge in [0.1, 0.15) is 22.5 Å². The van der Waals surface area contributed by atoms with Gasteiger partial charge in [0, 0.05) is 35.7 Å². The summed E-state index contributed by atoms with van der Waals surface area (Å²) in [5, 5.41) is 8.08. The summed E-state index contributed by atoms with van der Waals surface area (Å²) in [5.74, 6) is 1.86. The van der Waals surface area contributed by atoms with E-state index in [4.69, 9.17) is 0 Å². The van der Waals surface area contributed by atoms with Crippen LogP contribution in [0.15, 0.2) is 60.5 Å². The SMILES string of the molecule is Cc1nccn1Cc1cccc(NC(=O)Nc2csc(-c3ccncc3)n2)n1. The van der Waals surface area contributed by atoms with Crippen LogP contribution in [0.5, 0.6) is 0 Å². The molecule has 28 heavy (non-hydrogen) atoms. The number of imidazole rings is 1. The van der Waals surface area contributed by atoms with Crippen LogP contribution in [0.25, 0.3) is 10.6 Å². The van der Waals surface area contributed by atoms with Crippen LogP contribution in [0, 0.1) is 6.92 Å². The van der Waals surface area contributed by atoms with E-state index in [-0.39, 0.29) is 0 Å². The molecule has 2 amide bonds. The van der Waals surface area contributed by atoms with E-state index < -0.39 is 6.03 Å². The zero-order valence-corrected chi connectivity index (χ0v) is 15.8. The van der Waals surface area contributed by atoms with Crippen LogP contribution in [0.3, 0.4) is 0 Å². The highest BCUT2D eigenvalue weighted by Crippen LogP contribution is 2.25. The molecular formula is C19H17N7OS. The molecule has 4 rings (SSSR count). The molecule has 0 aliphatic carbocycles. The third-order valence-corrected chi connectivity index (χ3v) is 4.87. The van der Waals surface area contributed by atoms with Gasteiger partial charge in [-0.2, -0.15) is 0 Å². The van der Waals surface area contributed by atoms with Crippen molar-refractivity contribution in [2.45, 2.75) is 13.5 Å². The van der Waals surface area contributed by atoms with Gasteiger partial charge in [-0.05, 0) is 31.2 Å². The smallest absolute Gasteiger partial charge is 0.326 e. The minimum Gasteiger partial charge on any atom is -0.329 e. The maximum atomic E-state index is 12.3. The molecule has 9 heteroatoms. The number of nitrogens with zero attached hydrogens (tertiary/aromatic N) is 5. The van der Waals surface area contributed by atoms with Crippen molar-refractivity contribution in [1.82, 2.24) is 24.5 Å². The van der Waals surface area contributed by atoms with Crippen molar-refractivity contribution in [3.05, 3.63) is 72.0 Å². The van der Waals surface area contributed by atoms with E-state index in [0.29, 0.717) is 18.2 Å². The van der Waals surface area contributed by atoms with Gasteiger partial charge >= 0.3 is 6.03 Å². The zero-order chi connectivity index (χ0) is 19.3. The number of aromatic nitrogens is 5. The van der Waals surface area contributed by atoms with Crippen LogP contribution in [0.4, 0.5) is 16.4 Å². The Morgan fingerprint density at radius 1 is 1.07 bits per heavy atom. The van der Waals surface area contributed by atoms with Crippen LogP contribution in [-0.4, -0.2) is 30.5 Å². The summed E-state index contributed by atoms with van der Waals surface area (Å²) in [5.41, 5.74) is 1.78. The first kappa shape index (κ1) is 17.8. The van der Waals surface area contributed by atoms with E-state index >= 15 is 0 Å². The van der Waals surface area contributed by atoms with Gasteiger partial charge in [0.2, 0.25) is 0 Å². The van der Waals surface area contributed by atoms with Gasteiger partial charge in [0.15, 0.2) is 0 Å². The second kappa shape index (κ2) is 7.97. The number of amides is 2. The largest absolute Gasteiger partial charge is 0.329 e. The molecule has 0 radical (unpaired) electrons. The van der Waals surface area contributed by atoms with Gasteiger partial charge in [-0.3, -0.25) is 15.6 Å². The van der Waals surface area contributed by atoms with Crippen molar-refractivity contribution < 1.29 is 4.79 Å². The van der Waals surface area contributed by atoms with E-state index in [0.717, 1.165) is 22.1 Å². The Balaban J connectivity index is 1.40. The fourth-order valence-electron chi connectivity index (χ4n) is 2.60. The Morgan fingerprint density at radius 3 is 2.68 bits per heavy atom. The number of hydrogen-bond donors (Lipinski definition) is 2. The summed E-state index contributed by atoms with van der Waals surface area (Å²) in [7, 11) is 0. The van der Waals surface area contributed by atoms with E-state index in [2.05, 4.69) is 30.6 Å². The highest BCUT2D eigenvalue weighted by Gasteiger charge is 2.09. The molecule has 8 nitrogen and oxygen atoms in total. The number of hydrogen-bond acceptors (Lipinski definition) is 6. The normalized spacial score (nSPS) is 10.6. The fourth-order valence-corrected chi connectivity index (χ4v) is 3.36. The van der Waals surface area contributed by atoms with Crippen LogP contribution in [0.1, 0.15) is 11.5 Å². The molecule has 140 valence electrons. The Bertz CT molecular complexity index is 1090. The number of carbonyl (C=O) groups is 1.